The van der Waals surface area contributed by atoms with Crippen LogP contribution in [0.15, 0.2) is 53.7 Å². The van der Waals surface area contributed by atoms with E-state index < -0.39 is 36.3 Å². The van der Waals surface area contributed by atoms with Crippen molar-refractivity contribution >= 4 is 63.9 Å². The number of rotatable bonds is 6. The highest BCUT2D eigenvalue weighted by molar-refractivity contribution is 6.44. The van der Waals surface area contributed by atoms with Gasteiger partial charge in [-0.1, -0.05) is 53.0 Å². The average Bonchev–Trinajstić information content (AvgIpc) is 2.94. The molecule has 36 heavy (non-hydrogen) atoms. The molecule has 0 spiro atoms. The minimum Gasteiger partial charge on any atom is -0.467 e. The molecular weight excluding hydrogens is 536 g/mol. The van der Waals surface area contributed by atoms with Crippen LogP contribution in [0.1, 0.15) is 21.5 Å². The molecule has 184 valence electrons. The third-order valence-electron chi connectivity index (χ3n) is 4.87. The highest BCUT2D eigenvalue weighted by Crippen LogP contribution is 2.34. The van der Waals surface area contributed by atoms with Crippen molar-refractivity contribution in [1.82, 2.24) is 10.3 Å². The van der Waals surface area contributed by atoms with Gasteiger partial charge in [-0.05, 0) is 24.3 Å². The number of amides is 3. The first-order valence-corrected chi connectivity index (χ1v) is 11.3. The molecule has 13 heteroatoms. The topological polar surface area (TPSA) is 136 Å². The second-order valence-electron chi connectivity index (χ2n) is 7.39. The molecule has 4 rings (SSSR count). The van der Waals surface area contributed by atoms with E-state index in [2.05, 4.69) is 20.6 Å². The van der Waals surface area contributed by atoms with Crippen LogP contribution < -0.4 is 21.1 Å². The van der Waals surface area contributed by atoms with Crippen molar-refractivity contribution in [3.05, 3.63) is 86.2 Å². The predicted octanol–water partition coefficient (Wildman–Crippen LogP) is 3.59. The number of nitrogens with two attached hydrogens (primary N) is 1. The minimum atomic E-state index is -1.50. The van der Waals surface area contributed by atoms with Gasteiger partial charge in [-0.3, -0.25) is 14.4 Å². The zero-order valence-corrected chi connectivity index (χ0v) is 20.3. The van der Waals surface area contributed by atoms with Gasteiger partial charge in [0.25, 0.3) is 17.7 Å². The summed E-state index contributed by atoms with van der Waals surface area (Å²) in [6.07, 6.45) is -0.710. The van der Waals surface area contributed by atoms with Crippen molar-refractivity contribution in [3.63, 3.8) is 0 Å². The van der Waals surface area contributed by atoms with Crippen LogP contribution in [0.25, 0.3) is 0 Å². The molecule has 1 unspecified atom stereocenters. The number of anilines is 1. The molecule has 0 fully saturated rings. The van der Waals surface area contributed by atoms with Crippen LogP contribution in [0.4, 0.5) is 10.1 Å². The maximum Gasteiger partial charge on any atom is 0.269 e. The molecule has 0 saturated carbocycles. The third kappa shape index (κ3) is 5.40. The molecule has 1 atom stereocenters. The summed E-state index contributed by atoms with van der Waals surface area (Å²) < 4.78 is 19.0. The number of hydrogen-bond acceptors (Lipinski definition) is 6. The summed E-state index contributed by atoms with van der Waals surface area (Å²) in [4.78, 5) is 45.2. The Balaban J connectivity index is 1.77. The first-order valence-electron chi connectivity index (χ1n) is 10.1. The maximum atomic E-state index is 13.9. The summed E-state index contributed by atoms with van der Waals surface area (Å²) in [5.74, 6) is -3.70. The Morgan fingerprint density at radius 3 is 2.53 bits per heavy atom. The zero-order valence-electron chi connectivity index (χ0n) is 18.0. The number of ether oxygens (including phenoxy) is 1. The predicted molar refractivity (Wildman–Crippen MR) is 132 cm³/mol. The summed E-state index contributed by atoms with van der Waals surface area (Å²) in [5, 5.41) is 5.71. The van der Waals surface area contributed by atoms with E-state index in [0.717, 1.165) is 12.3 Å². The van der Waals surface area contributed by atoms with Crippen LogP contribution in [0.3, 0.4) is 0 Å². The lowest BCUT2D eigenvalue weighted by Gasteiger charge is -2.15. The lowest BCUT2D eigenvalue weighted by atomic mass is 10.0. The number of nitrogens with one attached hydrogen (secondary N) is 2. The number of hydrogen-bond donors (Lipinski definition) is 3. The number of benzodiazepines with no additional fused rings is 1. The zero-order chi connectivity index (χ0) is 26.0. The van der Waals surface area contributed by atoms with Crippen LogP contribution in [0.2, 0.25) is 15.1 Å². The molecule has 3 aromatic rings. The van der Waals surface area contributed by atoms with E-state index in [4.69, 9.17) is 45.3 Å². The Morgan fingerprint density at radius 1 is 1.14 bits per heavy atom. The largest absolute Gasteiger partial charge is 0.467 e. The summed E-state index contributed by atoms with van der Waals surface area (Å²) in [6.45, 7) is -0.603. The van der Waals surface area contributed by atoms with E-state index in [-0.39, 0.29) is 37.8 Å². The fraction of sp³-hybridized carbons (Fsp3) is 0.0870. The van der Waals surface area contributed by atoms with Crippen molar-refractivity contribution in [1.29, 1.82) is 0 Å². The lowest BCUT2D eigenvalue weighted by Crippen LogP contribution is -2.42. The molecule has 0 radical (unpaired) electrons. The van der Waals surface area contributed by atoms with E-state index in [1.807, 2.05) is 0 Å². The number of aromatic nitrogens is 1. The van der Waals surface area contributed by atoms with Gasteiger partial charge in [-0.15, -0.1) is 0 Å². The molecule has 4 N–H and O–H groups in total. The maximum absolute atomic E-state index is 13.9. The van der Waals surface area contributed by atoms with Gasteiger partial charge in [0, 0.05) is 16.1 Å². The second kappa shape index (κ2) is 10.5. The van der Waals surface area contributed by atoms with Gasteiger partial charge in [0.1, 0.15) is 11.4 Å². The van der Waals surface area contributed by atoms with Gasteiger partial charge in [0.05, 0.1) is 27.6 Å². The van der Waals surface area contributed by atoms with Crippen LogP contribution in [0.5, 0.6) is 5.88 Å². The number of halogens is 4. The van der Waals surface area contributed by atoms with Crippen LogP contribution in [-0.4, -0.2) is 41.2 Å². The average molecular weight is 551 g/mol. The lowest BCUT2D eigenvalue weighted by molar-refractivity contribution is -0.120. The SMILES string of the molecule is NC(=O)COc1ncc(F)cc1C(=O)NC1N=C(c2c(Cl)cc(Cl)cc2Cl)c2ccccc2NC1=O. The Morgan fingerprint density at radius 2 is 1.83 bits per heavy atom. The van der Waals surface area contributed by atoms with Gasteiger partial charge in [-0.25, -0.2) is 14.4 Å². The summed E-state index contributed by atoms with van der Waals surface area (Å²) in [7, 11) is 0. The normalized spacial score (nSPS) is 14.7. The smallest absolute Gasteiger partial charge is 0.269 e. The van der Waals surface area contributed by atoms with Gasteiger partial charge in [-0.2, -0.15) is 0 Å². The fourth-order valence-corrected chi connectivity index (χ4v) is 4.36. The first-order chi connectivity index (χ1) is 17.1. The molecule has 1 aromatic heterocycles. The van der Waals surface area contributed by atoms with E-state index >= 15 is 0 Å². The first kappa shape index (κ1) is 25.4. The Kier molecular flexibility index (Phi) is 7.39. The van der Waals surface area contributed by atoms with Crippen molar-refractivity contribution in [3.8, 4) is 5.88 Å². The quantitative estimate of drug-likeness (QED) is 0.431. The fourth-order valence-electron chi connectivity index (χ4n) is 3.37. The number of nitrogens with zero attached hydrogens (tertiary/aromatic N) is 2. The van der Waals surface area contributed by atoms with E-state index in [1.165, 1.54) is 12.1 Å². The molecule has 0 aliphatic carbocycles. The number of benzene rings is 2. The highest BCUT2D eigenvalue weighted by atomic mass is 35.5. The number of fused-ring (bicyclic) bond motifs is 1. The Bertz CT molecular complexity index is 1410. The molecule has 0 bridgehead atoms. The number of aliphatic imine (C=N–C) groups is 1. The van der Waals surface area contributed by atoms with Crippen molar-refractivity contribution in [2.75, 3.05) is 11.9 Å². The Hall–Kier alpha value is -3.73. The summed E-state index contributed by atoms with van der Waals surface area (Å²) >= 11 is 18.9. The van der Waals surface area contributed by atoms with Gasteiger partial charge in [0.15, 0.2) is 6.61 Å². The molecular formula is C23H15Cl3FN5O4. The van der Waals surface area contributed by atoms with E-state index in [9.17, 15) is 18.8 Å². The summed E-state index contributed by atoms with van der Waals surface area (Å²) in [6, 6.07) is 10.5. The monoisotopic (exact) mass is 549 g/mol. The molecule has 2 heterocycles. The molecule has 3 amide bonds. The van der Waals surface area contributed by atoms with E-state index in [0.29, 0.717) is 11.3 Å². The molecule has 0 saturated heterocycles. The minimum absolute atomic E-state index is 0.164. The molecule has 9 nitrogen and oxygen atoms in total. The number of para-hydroxylation sites is 1. The van der Waals surface area contributed by atoms with Crippen molar-refractivity contribution in [2.24, 2.45) is 10.7 Å². The molecule has 1 aliphatic rings. The van der Waals surface area contributed by atoms with Crippen LogP contribution in [-0.2, 0) is 9.59 Å². The van der Waals surface area contributed by atoms with Crippen molar-refractivity contribution < 1.29 is 23.5 Å². The van der Waals surface area contributed by atoms with Gasteiger partial charge in [0.2, 0.25) is 12.0 Å². The molecule has 1 aliphatic heterocycles. The van der Waals surface area contributed by atoms with Gasteiger partial charge < -0.3 is 21.1 Å². The Labute approximate surface area is 218 Å². The molecule has 2 aromatic carbocycles. The summed E-state index contributed by atoms with van der Waals surface area (Å²) in [5.41, 5.74) is 6.02. The highest BCUT2D eigenvalue weighted by Gasteiger charge is 2.30. The van der Waals surface area contributed by atoms with Crippen LogP contribution >= 0.6 is 34.8 Å². The second-order valence-corrected chi connectivity index (χ2v) is 8.65. The number of carbonyl (C=O) groups is 3. The number of primary amides is 1. The van der Waals surface area contributed by atoms with Gasteiger partial charge >= 0.3 is 0 Å². The number of carbonyl (C=O) groups excluding carboxylic acids is 3. The standard InChI is InChI=1S/C23H15Cl3FN5O4/c24-10-5-14(25)18(15(26)6-10)19-12-3-1-2-4-16(12)30-22(35)20(31-19)32-21(34)13-7-11(27)8-29-23(13)36-9-17(28)33/h1-8,20H,9H2,(H2,28,33)(H,30,35)(H,32,34). The van der Waals surface area contributed by atoms with Crippen LogP contribution in [0, 0.1) is 5.82 Å². The third-order valence-corrected chi connectivity index (χ3v) is 5.69. The van der Waals surface area contributed by atoms with E-state index in [1.54, 1.807) is 24.3 Å². The number of pyridine rings is 1. The van der Waals surface area contributed by atoms with Crippen molar-refractivity contribution in [2.45, 2.75) is 6.17 Å².